The van der Waals surface area contributed by atoms with Crippen LogP contribution >= 0.6 is 0 Å². The first-order valence-corrected chi connectivity index (χ1v) is 9.39. The maximum atomic E-state index is 12.6. The zero-order chi connectivity index (χ0) is 18.7. The number of rotatable bonds is 4. The predicted octanol–water partition coefficient (Wildman–Crippen LogP) is 3.57. The van der Waals surface area contributed by atoms with Gasteiger partial charge in [-0.25, -0.2) is 0 Å². The maximum absolute atomic E-state index is 12.6. The number of fused-ring (bicyclic) bond motifs is 1. The van der Waals surface area contributed by atoms with Gasteiger partial charge in [0.25, 0.3) is 5.91 Å². The normalized spacial score (nSPS) is 17.1. The van der Waals surface area contributed by atoms with Crippen molar-refractivity contribution < 1.29 is 14.3 Å². The Hall–Kier alpha value is -3.00. The minimum Gasteiger partial charge on any atom is -0.486 e. The van der Waals surface area contributed by atoms with E-state index in [1.165, 1.54) is 5.56 Å². The molecule has 2 aliphatic rings. The average molecular weight is 362 g/mol. The highest BCUT2D eigenvalue weighted by atomic mass is 16.6. The van der Waals surface area contributed by atoms with Crippen molar-refractivity contribution in [3.63, 3.8) is 0 Å². The van der Waals surface area contributed by atoms with Crippen molar-refractivity contribution in [2.24, 2.45) is 0 Å². The van der Waals surface area contributed by atoms with Gasteiger partial charge in [-0.2, -0.15) is 5.26 Å². The predicted molar refractivity (Wildman–Crippen MR) is 101 cm³/mol. The van der Waals surface area contributed by atoms with Crippen molar-refractivity contribution in [2.75, 3.05) is 19.8 Å². The lowest BCUT2D eigenvalue weighted by atomic mass is 9.78. The third-order valence-electron chi connectivity index (χ3n) is 5.56. The van der Waals surface area contributed by atoms with Crippen LogP contribution in [0.15, 0.2) is 42.5 Å². The Bertz CT molecular complexity index is 895. The summed E-state index contributed by atoms with van der Waals surface area (Å²) in [7, 11) is 0. The zero-order valence-electron chi connectivity index (χ0n) is 15.2. The molecule has 1 fully saturated rings. The fourth-order valence-electron chi connectivity index (χ4n) is 4.07. The smallest absolute Gasteiger partial charge is 0.251 e. The maximum Gasteiger partial charge on any atom is 0.251 e. The summed E-state index contributed by atoms with van der Waals surface area (Å²) in [6.45, 7) is 1.72. The van der Waals surface area contributed by atoms with Crippen molar-refractivity contribution in [2.45, 2.75) is 31.1 Å². The van der Waals surface area contributed by atoms with Crippen molar-refractivity contribution in [3.05, 3.63) is 59.2 Å². The molecule has 0 saturated heterocycles. The first kappa shape index (κ1) is 17.4. The molecule has 2 aromatic rings. The van der Waals surface area contributed by atoms with E-state index in [-0.39, 0.29) is 11.3 Å². The average Bonchev–Trinajstić information content (AvgIpc) is 3.22. The summed E-state index contributed by atoms with van der Waals surface area (Å²) in [6.07, 6.45) is 4.36. The van der Waals surface area contributed by atoms with Gasteiger partial charge in [-0.05, 0) is 48.7 Å². The van der Waals surface area contributed by atoms with Crippen LogP contribution in [-0.4, -0.2) is 25.7 Å². The van der Waals surface area contributed by atoms with Crippen LogP contribution in [0.3, 0.4) is 0 Å². The van der Waals surface area contributed by atoms with E-state index >= 15 is 0 Å². The van der Waals surface area contributed by atoms with Gasteiger partial charge in [0.2, 0.25) is 0 Å². The molecule has 1 aliphatic carbocycles. The van der Waals surface area contributed by atoms with Gasteiger partial charge in [-0.3, -0.25) is 4.79 Å². The second-order valence-electron chi connectivity index (χ2n) is 7.22. The molecule has 27 heavy (non-hydrogen) atoms. The summed E-state index contributed by atoms with van der Waals surface area (Å²) in [5.74, 6) is 1.43. The fraction of sp³-hybridized carbons (Fsp3) is 0.364. The summed E-state index contributed by atoms with van der Waals surface area (Å²) < 4.78 is 11.4. The van der Waals surface area contributed by atoms with E-state index in [1.54, 1.807) is 24.3 Å². The van der Waals surface area contributed by atoms with Crippen LogP contribution in [0.1, 0.15) is 47.2 Å². The van der Waals surface area contributed by atoms with E-state index in [4.69, 9.17) is 14.7 Å². The number of ether oxygens (including phenoxy) is 2. The third kappa shape index (κ3) is 3.48. The van der Waals surface area contributed by atoms with Gasteiger partial charge in [-0.15, -0.1) is 0 Å². The molecule has 1 aliphatic heterocycles. The highest BCUT2D eigenvalue weighted by molar-refractivity contribution is 5.94. The first-order chi connectivity index (χ1) is 13.2. The molecule has 1 amide bonds. The molecule has 0 aromatic heterocycles. The molecule has 4 rings (SSSR count). The molecular weight excluding hydrogens is 340 g/mol. The summed E-state index contributed by atoms with van der Waals surface area (Å²) in [4.78, 5) is 12.6. The Morgan fingerprint density at radius 2 is 1.85 bits per heavy atom. The van der Waals surface area contributed by atoms with Crippen molar-refractivity contribution >= 4 is 5.91 Å². The van der Waals surface area contributed by atoms with Crippen LogP contribution in [0, 0.1) is 11.3 Å². The van der Waals surface area contributed by atoms with E-state index in [0.717, 1.165) is 37.2 Å². The Balaban J connectivity index is 1.54. The number of benzene rings is 2. The number of amides is 1. The number of nitrogens with zero attached hydrogens (tertiary/aromatic N) is 1. The number of carbonyl (C=O) groups excluding carboxylic acids is 1. The highest BCUT2D eigenvalue weighted by Crippen LogP contribution is 2.43. The molecule has 1 saturated carbocycles. The summed E-state index contributed by atoms with van der Waals surface area (Å²) in [5.41, 5.74) is 2.11. The zero-order valence-corrected chi connectivity index (χ0v) is 15.2. The second kappa shape index (κ2) is 7.32. The summed E-state index contributed by atoms with van der Waals surface area (Å²) in [6, 6.07) is 15.0. The molecule has 5 heteroatoms. The van der Waals surface area contributed by atoms with Gasteiger partial charge in [0, 0.05) is 17.5 Å². The quantitative estimate of drug-likeness (QED) is 0.902. The van der Waals surface area contributed by atoms with E-state index in [1.807, 2.05) is 6.07 Å². The Morgan fingerprint density at radius 3 is 2.63 bits per heavy atom. The molecule has 0 spiro atoms. The lowest BCUT2D eigenvalue weighted by molar-refractivity contribution is 0.0943. The molecule has 2 aromatic carbocycles. The van der Waals surface area contributed by atoms with Gasteiger partial charge < -0.3 is 14.8 Å². The van der Waals surface area contributed by atoms with Gasteiger partial charge in [0.1, 0.15) is 13.2 Å². The van der Waals surface area contributed by atoms with Crippen LogP contribution in [0.25, 0.3) is 0 Å². The Labute approximate surface area is 158 Å². The van der Waals surface area contributed by atoms with Crippen molar-refractivity contribution in [3.8, 4) is 17.6 Å². The SMILES string of the molecule is N#Cc1cccc(C(=O)NCC2(c3ccc4c(c3)OCCO4)CCCC2)c1. The standard InChI is InChI=1S/C22H22N2O3/c23-14-16-4-3-5-17(12-16)21(25)24-15-22(8-1-2-9-22)18-6-7-19-20(13-18)27-11-10-26-19/h3-7,12-13H,1-2,8-11,15H2,(H,24,25). The van der Waals surface area contributed by atoms with Gasteiger partial charge in [-0.1, -0.05) is 25.0 Å². The molecule has 0 atom stereocenters. The number of nitrogens with one attached hydrogen (secondary N) is 1. The molecule has 1 N–H and O–H groups in total. The summed E-state index contributed by atoms with van der Waals surface area (Å²) in [5, 5.41) is 12.1. The molecule has 5 nitrogen and oxygen atoms in total. The molecule has 1 heterocycles. The van der Waals surface area contributed by atoms with Crippen LogP contribution in [-0.2, 0) is 5.41 Å². The lowest BCUT2D eigenvalue weighted by Crippen LogP contribution is -2.39. The number of nitriles is 1. The first-order valence-electron chi connectivity index (χ1n) is 9.39. The minimum absolute atomic E-state index is 0.0850. The lowest BCUT2D eigenvalue weighted by Gasteiger charge is -2.31. The second-order valence-corrected chi connectivity index (χ2v) is 7.22. The largest absolute Gasteiger partial charge is 0.486 e. The van der Waals surface area contributed by atoms with E-state index < -0.39 is 0 Å². The highest BCUT2D eigenvalue weighted by Gasteiger charge is 2.36. The van der Waals surface area contributed by atoms with Crippen LogP contribution in [0.4, 0.5) is 0 Å². The van der Waals surface area contributed by atoms with Crippen LogP contribution in [0.5, 0.6) is 11.5 Å². The minimum atomic E-state index is -0.143. The van der Waals surface area contributed by atoms with Crippen LogP contribution in [0.2, 0.25) is 0 Å². The third-order valence-corrected chi connectivity index (χ3v) is 5.56. The van der Waals surface area contributed by atoms with Gasteiger partial charge in [0.05, 0.1) is 11.6 Å². The van der Waals surface area contributed by atoms with E-state index in [2.05, 4.69) is 23.5 Å². The van der Waals surface area contributed by atoms with E-state index in [9.17, 15) is 4.79 Å². The van der Waals surface area contributed by atoms with E-state index in [0.29, 0.717) is 30.9 Å². The Kier molecular flexibility index (Phi) is 4.72. The molecular formula is C22H22N2O3. The Morgan fingerprint density at radius 1 is 1.07 bits per heavy atom. The van der Waals surface area contributed by atoms with Gasteiger partial charge in [0.15, 0.2) is 11.5 Å². The van der Waals surface area contributed by atoms with Crippen molar-refractivity contribution in [1.82, 2.24) is 5.32 Å². The fourth-order valence-corrected chi connectivity index (χ4v) is 4.07. The number of carbonyl (C=O) groups is 1. The van der Waals surface area contributed by atoms with Crippen LogP contribution < -0.4 is 14.8 Å². The molecule has 0 bridgehead atoms. The summed E-state index contributed by atoms with van der Waals surface area (Å²) >= 11 is 0. The molecule has 0 radical (unpaired) electrons. The topological polar surface area (TPSA) is 71.4 Å². The number of hydrogen-bond acceptors (Lipinski definition) is 4. The molecule has 0 unspecified atom stereocenters. The monoisotopic (exact) mass is 362 g/mol. The van der Waals surface area contributed by atoms with Crippen molar-refractivity contribution in [1.29, 1.82) is 5.26 Å². The molecule has 138 valence electrons. The number of hydrogen-bond donors (Lipinski definition) is 1. The van der Waals surface area contributed by atoms with Gasteiger partial charge >= 0.3 is 0 Å².